The van der Waals surface area contributed by atoms with Crippen molar-refractivity contribution in [1.29, 1.82) is 5.26 Å². The van der Waals surface area contributed by atoms with Crippen LogP contribution in [-0.2, 0) is 15.7 Å². The number of halogens is 3. The summed E-state index contributed by atoms with van der Waals surface area (Å²) in [7, 11) is 1.26. The lowest BCUT2D eigenvalue weighted by Gasteiger charge is -2.43. The molecular formula is C21H15F3N4O3S. The molecule has 1 aromatic heterocycles. The smallest absolute Gasteiger partial charge is 0.419 e. The van der Waals surface area contributed by atoms with E-state index in [1.54, 1.807) is 17.0 Å². The number of anilines is 2. The number of aromatic nitrogens is 1. The van der Waals surface area contributed by atoms with E-state index in [0.29, 0.717) is 30.2 Å². The molecule has 0 radical (unpaired) electrons. The van der Waals surface area contributed by atoms with Crippen molar-refractivity contribution in [1.82, 2.24) is 4.98 Å². The van der Waals surface area contributed by atoms with Gasteiger partial charge in [0.25, 0.3) is 5.91 Å². The van der Waals surface area contributed by atoms with Gasteiger partial charge in [0.05, 0.1) is 30.1 Å². The van der Waals surface area contributed by atoms with Crippen molar-refractivity contribution in [2.75, 3.05) is 16.9 Å². The molecule has 1 aromatic carbocycles. The Kier molecular flexibility index (Phi) is 5.13. The fourth-order valence-electron chi connectivity index (χ4n) is 3.95. The molecule has 7 nitrogen and oxygen atoms in total. The zero-order valence-electron chi connectivity index (χ0n) is 16.6. The van der Waals surface area contributed by atoms with E-state index >= 15 is 0 Å². The van der Waals surface area contributed by atoms with Crippen LogP contribution in [0.15, 0.2) is 36.5 Å². The second-order valence-electron chi connectivity index (χ2n) is 7.38. The topological polar surface area (TPSA) is 86.5 Å². The van der Waals surface area contributed by atoms with Crippen LogP contribution in [0, 0.1) is 11.3 Å². The standard InChI is InChI=1S/C21H15F3N4O3S/c1-31-17(29)12-3-5-13(6-4-12)28-19(32)27(18(30)20(28)7-2-8-20)14-9-15(21(22,23)24)16(10-25)26-11-14/h3-6,9,11H,2,7-8H2,1H3. The zero-order chi connectivity index (χ0) is 23.3. The first-order valence-electron chi connectivity index (χ1n) is 9.48. The fraction of sp³-hybridized carbons (Fsp3) is 0.286. The van der Waals surface area contributed by atoms with Crippen LogP contribution in [-0.4, -0.2) is 34.6 Å². The minimum atomic E-state index is -4.82. The molecule has 1 aliphatic carbocycles. The maximum atomic E-state index is 13.4. The average Bonchev–Trinajstić information content (AvgIpc) is 2.99. The van der Waals surface area contributed by atoms with Gasteiger partial charge in [0.15, 0.2) is 10.8 Å². The van der Waals surface area contributed by atoms with E-state index in [1.807, 2.05) is 0 Å². The Hall–Kier alpha value is -3.52. The number of nitriles is 1. The lowest BCUT2D eigenvalue weighted by Crippen LogP contribution is -2.55. The van der Waals surface area contributed by atoms with Crippen molar-refractivity contribution in [3.8, 4) is 6.07 Å². The highest BCUT2D eigenvalue weighted by atomic mass is 32.1. The number of amides is 1. The van der Waals surface area contributed by atoms with Crippen LogP contribution < -0.4 is 9.80 Å². The number of alkyl halides is 3. The third-order valence-corrected chi connectivity index (χ3v) is 6.05. The number of rotatable bonds is 3. The molecule has 1 saturated heterocycles. The summed E-state index contributed by atoms with van der Waals surface area (Å²) in [5, 5.41) is 8.98. The van der Waals surface area contributed by atoms with E-state index in [4.69, 9.17) is 17.5 Å². The Bertz CT molecular complexity index is 1170. The van der Waals surface area contributed by atoms with Gasteiger partial charge in [0.1, 0.15) is 11.6 Å². The normalized spacial score (nSPS) is 17.3. The van der Waals surface area contributed by atoms with Crippen molar-refractivity contribution in [2.45, 2.75) is 31.0 Å². The lowest BCUT2D eigenvalue weighted by atomic mass is 9.75. The molecule has 0 N–H and O–H groups in total. The first-order chi connectivity index (χ1) is 15.1. The Morgan fingerprint density at radius 2 is 1.91 bits per heavy atom. The number of methoxy groups -OCH3 is 1. The molecule has 1 aliphatic heterocycles. The van der Waals surface area contributed by atoms with Crippen LogP contribution in [0.1, 0.15) is 40.9 Å². The Morgan fingerprint density at radius 1 is 1.25 bits per heavy atom. The summed E-state index contributed by atoms with van der Waals surface area (Å²) in [4.78, 5) is 31.4. The van der Waals surface area contributed by atoms with Crippen LogP contribution in [0.25, 0.3) is 0 Å². The number of pyridine rings is 1. The largest absolute Gasteiger partial charge is 0.465 e. The van der Waals surface area contributed by atoms with Gasteiger partial charge in [0, 0.05) is 5.69 Å². The predicted octanol–water partition coefficient (Wildman–Crippen LogP) is 3.82. The molecule has 164 valence electrons. The second kappa shape index (κ2) is 7.56. The van der Waals surface area contributed by atoms with Crippen molar-refractivity contribution in [3.05, 3.63) is 53.3 Å². The van der Waals surface area contributed by atoms with Gasteiger partial charge < -0.3 is 9.64 Å². The summed E-state index contributed by atoms with van der Waals surface area (Å²) in [6, 6.07) is 8.39. The fourth-order valence-corrected chi connectivity index (χ4v) is 4.42. The maximum absolute atomic E-state index is 13.4. The number of carbonyl (C=O) groups excluding carboxylic acids is 2. The summed E-state index contributed by atoms with van der Waals surface area (Å²) in [6.07, 6.45) is -2.10. The minimum absolute atomic E-state index is 0.000139. The molecule has 2 aliphatic rings. The van der Waals surface area contributed by atoms with Gasteiger partial charge >= 0.3 is 12.1 Å². The van der Waals surface area contributed by atoms with Gasteiger partial charge in [-0.25, -0.2) is 9.78 Å². The van der Waals surface area contributed by atoms with E-state index in [0.717, 1.165) is 17.5 Å². The summed E-state index contributed by atoms with van der Waals surface area (Å²) in [5.74, 6) is -0.981. The number of nitrogens with zero attached hydrogens (tertiary/aromatic N) is 4. The number of carbonyl (C=O) groups is 2. The summed E-state index contributed by atoms with van der Waals surface area (Å²) in [6.45, 7) is 0. The van der Waals surface area contributed by atoms with E-state index in [9.17, 15) is 22.8 Å². The molecule has 2 heterocycles. The van der Waals surface area contributed by atoms with Gasteiger partial charge in [-0.3, -0.25) is 9.69 Å². The number of thiocarbonyl (C=S) groups is 1. The van der Waals surface area contributed by atoms with Crippen LogP contribution in [0.4, 0.5) is 24.5 Å². The third kappa shape index (κ3) is 3.18. The quantitative estimate of drug-likeness (QED) is 0.508. The molecular weight excluding hydrogens is 445 g/mol. The molecule has 11 heteroatoms. The highest BCUT2D eigenvalue weighted by molar-refractivity contribution is 7.81. The van der Waals surface area contributed by atoms with Crippen molar-refractivity contribution < 1.29 is 27.5 Å². The summed E-state index contributed by atoms with van der Waals surface area (Å²) < 4.78 is 45.0. The zero-order valence-corrected chi connectivity index (χ0v) is 17.5. The van der Waals surface area contributed by atoms with E-state index in [2.05, 4.69) is 9.72 Å². The Labute approximate surface area is 186 Å². The maximum Gasteiger partial charge on any atom is 0.419 e. The third-order valence-electron chi connectivity index (χ3n) is 5.68. The molecule has 0 atom stereocenters. The SMILES string of the molecule is COC(=O)c1ccc(N2C(=S)N(c3cnc(C#N)c(C(F)(F)F)c3)C(=O)C23CCC3)cc1. The van der Waals surface area contributed by atoms with Crippen LogP contribution in [0.5, 0.6) is 0 Å². The van der Waals surface area contributed by atoms with Crippen LogP contribution in [0.3, 0.4) is 0 Å². The van der Waals surface area contributed by atoms with Gasteiger partial charge in [-0.05, 0) is 61.8 Å². The number of benzene rings is 1. The van der Waals surface area contributed by atoms with E-state index < -0.39 is 34.8 Å². The van der Waals surface area contributed by atoms with E-state index in [1.165, 1.54) is 25.3 Å². The molecule has 1 saturated carbocycles. The molecule has 4 rings (SSSR count). The van der Waals surface area contributed by atoms with Gasteiger partial charge in [-0.15, -0.1) is 0 Å². The summed E-state index contributed by atoms with van der Waals surface area (Å²) in [5.41, 5.74) is -2.37. The molecule has 0 unspecified atom stereocenters. The Morgan fingerprint density at radius 3 is 2.41 bits per heavy atom. The highest BCUT2D eigenvalue weighted by Crippen LogP contribution is 2.48. The Balaban J connectivity index is 1.77. The molecule has 1 spiro atoms. The monoisotopic (exact) mass is 460 g/mol. The van der Waals surface area contributed by atoms with Crippen LogP contribution >= 0.6 is 12.2 Å². The number of hydrogen-bond donors (Lipinski definition) is 0. The lowest BCUT2D eigenvalue weighted by molar-refractivity contribution is -0.138. The molecule has 2 fully saturated rings. The van der Waals surface area contributed by atoms with Gasteiger partial charge in [-0.2, -0.15) is 18.4 Å². The number of esters is 1. The first-order valence-corrected chi connectivity index (χ1v) is 9.89. The minimum Gasteiger partial charge on any atom is -0.465 e. The van der Waals surface area contributed by atoms with Crippen molar-refractivity contribution in [3.63, 3.8) is 0 Å². The molecule has 0 bridgehead atoms. The molecule has 2 aromatic rings. The predicted molar refractivity (Wildman–Crippen MR) is 111 cm³/mol. The number of ether oxygens (including phenoxy) is 1. The first kappa shape index (κ1) is 21.7. The van der Waals surface area contributed by atoms with Crippen molar-refractivity contribution >= 4 is 40.6 Å². The average molecular weight is 460 g/mol. The highest BCUT2D eigenvalue weighted by Gasteiger charge is 2.59. The second-order valence-corrected chi connectivity index (χ2v) is 7.75. The van der Waals surface area contributed by atoms with E-state index in [-0.39, 0.29) is 10.8 Å². The van der Waals surface area contributed by atoms with Gasteiger partial charge in [0.2, 0.25) is 0 Å². The van der Waals surface area contributed by atoms with Crippen molar-refractivity contribution in [2.24, 2.45) is 0 Å². The molecule has 1 amide bonds. The van der Waals surface area contributed by atoms with Gasteiger partial charge in [-0.1, -0.05) is 0 Å². The summed E-state index contributed by atoms with van der Waals surface area (Å²) >= 11 is 5.52. The number of hydrogen-bond acceptors (Lipinski definition) is 6. The van der Waals surface area contributed by atoms with Crippen LogP contribution in [0.2, 0.25) is 0 Å². The molecule has 32 heavy (non-hydrogen) atoms.